The van der Waals surface area contributed by atoms with Crippen LogP contribution in [0.15, 0.2) is 24.8 Å². The van der Waals surface area contributed by atoms with Crippen LogP contribution in [0.1, 0.15) is 25.8 Å². The van der Waals surface area contributed by atoms with Crippen molar-refractivity contribution < 1.29 is 19.0 Å². The maximum Gasteiger partial charge on any atom is 0.330 e. The van der Waals surface area contributed by atoms with Crippen LogP contribution in [0.5, 0.6) is 11.5 Å². The van der Waals surface area contributed by atoms with Crippen molar-refractivity contribution in [1.82, 2.24) is 0 Å². The monoisotopic (exact) mass is 305 g/mol. The summed E-state index contributed by atoms with van der Waals surface area (Å²) in [7, 11) is 3.53. The molecule has 0 aromatic heterocycles. The molecule has 0 fully saturated rings. The average molecular weight is 305 g/mol. The van der Waals surface area contributed by atoms with Crippen LogP contribution in [-0.4, -0.2) is 36.0 Å². The number of hydrogen-bond acceptors (Lipinski definition) is 4. The molecule has 4 nitrogen and oxygen atoms in total. The number of rotatable bonds is 9. The molecule has 0 spiro atoms. The zero-order chi connectivity index (χ0) is 15.7. The summed E-state index contributed by atoms with van der Waals surface area (Å²) >= 11 is 0. The van der Waals surface area contributed by atoms with E-state index in [1.807, 2.05) is 26.0 Å². The van der Waals surface area contributed by atoms with Gasteiger partial charge in [-0.05, 0) is 37.4 Å². The normalized spacial score (nSPS) is 10.0. The third-order valence-corrected chi connectivity index (χ3v) is 3.17. The molecule has 0 heterocycles. The molecule has 0 aliphatic rings. The van der Waals surface area contributed by atoms with Crippen LogP contribution in [0.3, 0.4) is 0 Å². The Morgan fingerprint density at radius 3 is 2.52 bits per heavy atom. The summed E-state index contributed by atoms with van der Waals surface area (Å²) in [5, 5.41) is 0.863. The lowest BCUT2D eigenvalue weighted by Gasteiger charge is -2.17. The molecule has 0 aliphatic heterocycles. The fourth-order valence-electron chi connectivity index (χ4n) is 1.88. The van der Waals surface area contributed by atoms with E-state index in [0.717, 1.165) is 34.7 Å². The molecule has 0 aliphatic carbocycles. The second-order valence-electron chi connectivity index (χ2n) is 4.27. The Kier molecular flexibility index (Phi) is 7.60. The van der Waals surface area contributed by atoms with Gasteiger partial charge in [-0.1, -0.05) is 18.7 Å². The van der Waals surface area contributed by atoms with Gasteiger partial charge < -0.3 is 14.2 Å². The van der Waals surface area contributed by atoms with Crippen molar-refractivity contribution in [2.45, 2.75) is 26.7 Å². The van der Waals surface area contributed by atoms with Crippen molar-refractivity contribution in [1.29, 1.82) is 0 Å². The highest BCUT2D eigenvalue weighted by atomic mass is 28.1. The first kappa shape index (κ1) is 17.3. The van der Waals surface area contributed by atoms with Gasteiger partial charge in [0.1, 0.15) is 0 Å². The molecule has 1 rings (SSSR count). The number of hydrogen-bond donors (Lipinski definition) is 0. The summed E-state index contributed by atoms with van der Waals surface area (Å²) in [5.74, 6) is 1.07. The average Bonchev–Trinajstić information content (AvgIpc) is 2.49. The van der Waals surface area contributed by atoms with E-state index in [2.05, 4.69) is 16.8 Å². The van der Waals surface area contributed by atoms with E-state index in [-0.39, 0.29) is 0 Å². The smallest absolute Gasteiger partial charge is 0.330 e. The second kappa shape index (κ2) is 9.23. The number of ether oxygens (including phenoxy) is 3. The van der Waals surface area contributed by atoms with Gasteiger partial charge in [-0.3, -0.25) is 0 Å². The number of esters is 1. The largest absolute Gasteiger partial charge is 0.490 e. The van der Waals surface area contributed by atoms with Crippen LogP contribution in [-0.2, 0) is 16.0 Å². The third-order valence-electron chi connectivity index (χ3n) is 2.77. The highest BCUT2D eigenvalue weighted by Gasteiger charge is 2.13. The molecule has 0 atom stereocenters. The quantitative estimate of drug-likeness (QED) is 0.303. The van der Waals surface area contributed by atoms with Crippen LogP contribution >= 0.6 is 0 Å². The molecule has 21 heavy (non-hydrogen) atoms. The number of benzene rings is 1. The lowest BCUT2D eigenvalue weighted by Crippen LogP contribution is -2.13. The second-order valence-corrected chi connectivity index (χ2v) is 4.81. The first-order valence-corrected chi connectivity index (χ1v) is 7.56. The summed E-state index contributed by atoms with van der Waals surface area (Å²) in [6.45, 7) is 8.72. The molecule has 5 heteroatoms. The lowest BCUT2D eigenvalue weighted by molar-refractivity contribution is -0.137. The van der Waals surface area contributed by atoms with Crippen molar-refractivity contribution in [3.63, 3.8) is 0 Å². The molecular weight excluding hydrogens is 284 g/mol. The van der Waals surface area contributed by atoms with Crippen LogP contribution in [0.25, 0.3) is 0 Å². The van der Waals surface area contributed by atoms with Crippen LogP contribution in [0.4, 0.5) is 0 Å². The summed E-state index contributed by atoms with van der Waals surface area (Å²) in [5.41, 5.74) is 1.04. The zero-order valence-corrected chi connectivity index (χ0v) is 13.6. The van der Waals surface area contributed by atoms with E-state index in [4.69, 9.17) is 14.2 Å². The fourth-order valence-corrected chi connectivity index (χ4v) is 2.15. The van der Waals surface area contributed by atoms with E-state index >= 15 is 0 Å². The molecule has 1 aromatic rings. The Balaban J connectivity index is 2.78. The summed E-state index contributed by atoms with van der Waals surface area (Å²) in [4.78, 5) is 11.0. The van der Waals surface area contributed by atoms with Gasteiger partial charge in [0.15, 0.2) is 11.5 Å². The Morgan fingerprint density at radius 1 is 1.24 bits per heavy atom. The Hall–Kier alpha value is -1.75. The summed E-state index contributed by atoms with van der Waals surface area (Å²) in [6, 6.07) is 3.93. The van der Waals surface area contributed by atoms with Crippen molar-refractivity contribution in [3.8, 4) is 11.5 Å². The number of carbonyl (C=O) groups excluding carboxylic acids is 1. The van der Waals surface area contributed by atoms with Crippen LogP contribution in [0, 0.1) is 0 Å². The van der Waals surface area contributed by atoms with Crippen LogP contribution < -0.4 is 14.7 Å². The zero-order valence-electron chi connectivity index (χ0n) is 12.6. The minimum absolute atomic E-state index is 0.357. The van der Waals surface area contributed by atoms with E-state index in [1.165, 1.54) is 0 Å². The highest BCUT2D eigenvalue weighted by molar-refractivity contribution is 6.34. The summed E-state index contributed by atoms with van der Waals surface area (Å²) in [6.07, 6.45) is 2.62. The molecule has 3 radical (unpaired) electrons. The maximum absolute atomic E-state index is 11.0. The number of carbonyl (C=O) groups is 1. The Labute approximate surface area is 129 Å². The lowest BCUT2D eigenvalue weighted by atomic mass is 10.1. The van der Waals surface area contributed by atoms with Crippen molar-refractivity contribution >= 4 is 21.4 Å². The minimum Gasteiger partial charge on any atom is -0.490 e. The van der Waals surface area contributed by atoms with E-state index in [1.54, 1.807) is 0 Å². The van der Waals surface area contributed by atoms with E-state index < -0.39 is 5.97 Å². The van der Waals surface area contributed by atoms with E-state index in [9.17, 15) is 4.79 Å². The molecule has 113 valence electrons. The van der Waals surface area contributed by atoms with Gasteiger partial charge in [-0.15, -0.1) is 0 Å². The van der Waals surface area contributed by atoms with Crippen molar-refractivity contribution in [2.75, 3.05) is 19.8 Å². The molecule has 0 N–H and O–H groups in total. The van der Waals surface area contributed by atoms with Gasteiger partial charge in [0, 0.05) is 6.08 Å². The first-order chi connectivity index (χ1) is 10.1. The SMILES string of the molecule is C=CC(=O)OCCCc1ccc([Si])c(OCC)c1OCC. The third kappa shape index (κ3) is 5.26. The molecule has 0 bridgehead atoms. The van der Waals surface area contributed by atoms with Gasteiger partial charge in [-0.25, -0.2) is 4.79 Å². The number of aryl methyl sites for hydroxylation is 1. The van der Waals surface area contributed by atoms with Gasteiger partial charge in [0.25, 0.3) is 0 Å². The summed E-state index contributed by atoms with van der Waals surface area (Å²) < 4.78 is 16.3. The molecular formula is C16H21O4Si. The predicted molar refractivity (Wildman–Crippen MR) is 83.6 cm³/mol. The van der Waals surface area contributed by atoms with Gasteiger partial charge in [-0.2, -0.15) is 0 Å². The maximum atomic E-state index is 11.0. The molecule has 0 unspecified atom stereocenters. The standard InChI is InChI=1S/C16H21O4Si/c1-4-14(17)20-11-7-8-12-9-10-13(21)16(19-6-3)15(12)18-5-2/h4,9-10H,1,5-8,11H2,2-3H3. The van der Waals surface area contributed by atoms with Gasteiger partial charge in [0.05, 0.1) is 30.1 Å². The van der Waals surface area contributed by atoms with Crippen molar-refractivity contribution in [2.24, 2.45) is 0 Å². The molecule has 0 saturated carbocycles. The molecule has 0 amide bonds. The minimum atomic E-state index is -0.398. The van der Waals surface area contributed by atoms with Crippen molar-refractivity contribution in [3.05, 3.63) is 30.4 Å². The highest BCUT2D eigenvalue weighted by Crippen LogP contribution is 2.30. The van der Waals surface area contributed by atoms with Gasteiger partial charge >= 0.3 is 5.97 Å². The topological polar surface area (TPSA) is 44.8 Å². The fraction of sp³-hybridized carbons (Fsp3) is 0.438. The Morgan fingerprint density at radius 2 is 1.90 bits per heavy atom. The molecule has 1 aromatic carbocycles. The van der Waals surface area contributed by atoms with Crippen LogP contribution in [0.2, 0.25) is 0 Å². The first-order valence-electron chi connectivity index (χ1n) is 7.06. The van der Waals surface area contributed by atoms with Gasteiger partial charge in [0.2, 0.25) is 0 Å². The Bertz CT molecular complexity index is 485. The van der Waals surface area contributed by atoms with E-state index in [0.29, 0.717) is 26.2 Å². The predicted octanol–water partition coefficient (Wildman–Crippen LogP) is 1.94. The molecule has 0 saturated heterocycles.